The summed E-state index contributed by atoms with van der Waals surface area (Å²) in [5.41, 5.74) is 0. The second-order valence-electron chi connectivity index (χ2n) is 5.50. The maximum atomic E-state index is 13.0. The minimum absolute atomic E-state index is 0.0508. The van der Waals surface area contributed by atoms with Gasteiger partial charge in [0.15, 0.2) is 9.84 Å². The summed E-state index contributed by atoms with van der Waals surface area (Å²) < 4.78 is 26.6. The van der Waals surface area contributed by atoms with Crippen molar-refractivity contribution in [2.75, 3.05) is 7.05 Å². The van der Waals surface area contributed by atoms with E-state index in [0.717, 1.165) is 25.7 Å². The zero-order valence-corrected chi connectivity index (χ0v) is 14.4. The zero-order chi connectivity index (χ0) is 14.8. The van der Waals surface area contributed by atoms with Crippen LogP contribution in [0.25, 0.3) is 0 Å². The third kappa shape index (κ3) is 3.10. The van der Waals surface area contributed by atoms with Crippen molar-refractivity contribution in [2.45, 2.75) is 48.8 Å². The van der Waals surface area contributed by atoms with E-state index in [-0.39, 0.29) is 11.3 Å². The van der Waals surface area contributed by atoms with Gasteiger partial charge in [0, 0.05) is 10.5 Å². The van der Waals surface area contributed by atoms with E-state index in [1.54, 1.807) is 18.2 Å². The Bertz CT molecular complexity index is 559. The highest BCUT2D eigenvalue weighted by Gasteiger charge is 2.39. The standard InChI is InChI=1S/C15H22BrNO2S/c1-3-11-8-9-13(17-2)15(10-11)20(18,19)14-7-5-4-6-12(14)16/h4-7,11,13,15,17H,3,8-10H2,1-2H3. The van der Waals surface area contributed by atoms with Gasteiger partial charge in [-0.2, -0.15) is 0 Å². The number of hydrogen-bond acceptors (Lipinski definition) is 3. The average molecular weight is 360 g/mol. The molecule has 20 heavy (non-hydrogen) atoms. The highest BCUT2D eigenvalue weighted by Crippen LogP contribution is 2.35. The van der Waals surface area contributed by atoms with Crippen LogP contribution in [0.4, 0.5) is 0 Å². The second-order valence-corrected chi connectivity index (χ2v) is 8.49. The number of halogens is 1. The second kappa shape index (κ2) is 6.58. The molecule has 1 aliphatic rings. The van der Waals surface area contributed by atoms with E-state index < -0.39 is 9.84 Å². The molecule has 0 amide bonds. The van der Waals surface area contributed by atoms with Crippen molar-refractivity contribution in [1.82, 2.24) is 5.32 Å². The molecule has 3 unspecified atom stereocenters. The molecule has 1 N–H and O–H groups in total. The fourth-order valence-electron chi connectivity index (χ4n) is 3.09. The zero-order valence-electron chi connectivity index (χ0n) is 12.0. The van der Waals surface area contributed by atoms with Crippen LogP contribution < -0.4 is 5.32 Å². The first kappa shape index (κ1) is 16.0. The van der Waals surface area contributed by atoms with Gasteiger partial charge >= 0.3 is 0 Å². The van der Waals surface area contributed by atoms with E-state index in [4.69, 9.17) is 0 Å². The highest BCUT2D eigenvalue weighted by atomic mass is 79.9. The van der Waals surface area contributed by atoms with Gasteiger partial charge in [0.05, 0.1) is 10.1 Å². The first-order valence-corrected chi connectivity index (χ1v) is 9.50. The lowest BCUT2D eigenvalue weighted by Crippen LogP contribution is -2.46. The van der Waals surface area contributed by atoms with Crippen molar-refractivity contribution < 1.29 is 8.42 Å². The Labute approximate surface area is 130 Å². The van der Waals surface area contributed by atoms with Crippen LogP contribution in [0.5, 0.6) is 0 Å². The molecule has 0 spiro atoms. The highest BCUT2D eigenvalue weighted by molar-refractivity contribution is 9.10. The Morgan fingerprint density at radius 1 is 1.30 bits per heavy atom. The molecule has 2 rings (SSSR count). The average Bonchev–Trinajstić information content (AvgIpc) is 2.46. The third-order valence-electron chi connectivity index (χ3n) is 4.39. The summed E-state index contributed by atoms with van der Waals surface area (Å²) in [5, 5.41) is 2.87. The van der Waals surface area contributed by atoms with Gasteiger partial charge in [-0.15, -0.1) is 0 Å². The van der Waals surface area contributed by atoms with Gasteiger partial charge < -0.3 is 5.32 Å². The number of hydrogen-bond donors (Lipinski definition) is 1. The minimum Gasteiger partial charge on any atom is -0.316 e. The van der Waals surface area contributed by atoms with Crippen LogP contribution in [0.3, 0.4) is 0 Å². The summed E-state index contributed by atoms with van der Waals surface area (Å²) in [7, 11) is -1.45. The summed E-state index contributed by atoms with van der Waals surface area (Å²) in [5.74, 6) is 0.516. The number of sulfone groups is 1. The van der Waals surface area contributed by atoms with Crippen LogP contribution in [0.15, 0.2) is 33.6 Å². The lowest BCUT2D eigenvalue weighted by molar-refractivity contribution is 0.296. The third-order valence-corrected chi connectivity index (χ3v) is 7.63. The monoisotopic (exact) mass is 359 g/mol. The van der Waals surface area contributed by atoms with Gasteiger partial charge in [-0.1, -0.05) is 25.5 Å². The summed E-state index contributed by atoms with van der Waals surface area (Å²) in [4.78, 5) is 0.419. The number of rotatable bonds is 4. The molecule has 0 aromatic heterocycles. The van der Waals surface area contributed by atoms with E-state index in [2.05, 4.69) is 28.2 Å². The Balaban J connectivity index is 2.38. The van der Waals surface area contributed by atoms with Crippen molar-refractivity contribution in [3.63, 3.8) is 0 Å². The van der Waals surface area contributed by atoms with E-state index >= 15 is 0 Å². The van der Waals surface area contributed by atoms with Gasteiger partial charge in [0.1, 0.15) is 0 Å². The van der Waals surface area contributed by atoms with Crippen LogP contribution >= 0.6 is 15.9 Å². The quantitative estimate of drug-likeness (QED) is 0.895. The molecule has 0 saturated heterocycles. The van der Waals surface area contributed by atoms with Crippen LogP contribution in [0, 0.1) is 5.92 Å². The molecule has 0 radical (unpaired) electrons. The first-order valence-electron chi connectivity index (χ1n) is 7.16. The smallest absolute Gasteiger partial charge is 0.183 e. The molecule has 112 valence electrons. The summed E-state index contributed by atoms with van der Waals surface area (Å²) >= 11 is 3.37. The topological polar surface area (TPSA) is 46.2 Å². The first-order chi connectivity index (χ1) is 9.50. The summed E-state index contributed by atoms with van der Waals surface area (Å²) in [6, 6.07) is 7.17. The molecular formula is C15H22BrNO2S. The number of benzene rings is 1. The molecule has 5 heteroatoms. The Kier molecular flexibility index (Phi) is 5.26. The predicted molar refractivity (Wildman–Crippen MR) is 85.6 cm³/mol. The molecule has 0 bridgehead atoms. The van der Waals surface area contributed by atoms with Crippen molar-refractivity contribution in [2.24, 2.45) is 5.92 Å². The predicted octanol–water partition coefficient (Wildman–Crippen LogP) is 3.39. The molecule has 1 aromatic rings. The Morgan fingerprint density at radius 2 is 2.00 bits per heavy atom. The summed E-state index contributed by atoms with van der Waals surface area (Å²) in [6.45, 7) is 2.15. The molecule has 0 aliphatic heterocycles. The number of nitrogens with one attached hydrogen (secondary N) is 1. The maximum absolute atomic E-state index is 13.0. The van der Waals surface area contributed by atoms with Gasteiger partial charge in [-0.25, -0.2) is 8.42 Å². The van der Waals surface area contributed by atoms with E-state index in [1.165, 1.54) is 0 Å². The van der Waals surface area contributed by atoms with Gasteiger partial charge in [-0.3, -0.25) is 0 Å². The molecule has 1 aromatic carbocycles. The largest absolute Gasteiger partial charge is 0.316 e. The van der Waals surface area contributed by atoms with Crippen molar-refractivity contribution >= 4 is 25.8 Å². The normalized spacial score (nSPS) is 27.4. The molecule has 1 saturated carbocycles. The van der Waals surface area contributed by atoms with E-state index in [1.807, 2.05) is 13.1 Å². The maximum Gasteiger partial charge on any atom is 0.183 e. The van der Waals surface area contributed by atoms with Crippen LogP contribution in [-0.4, -0.2) is 26.8 Å². The van der Waals surface area contributed by atoms with Crippen LogP contribution in [-0.2, 0) is 9.84 Å². The fourth-order valence-corrected chi connectivity index (χ4v) is 6.22. The molecule has 3 atom stereocenters. The molecule has 1 fully saturated rings. The van der Waals surface area contributed by atoms with Crippen molar-refractivity contribution in [1.29, 1.82) is 0 Å². The fraction of sp³-hybridized carbons (Fsp3) is 0.600. The van der Waals surface area contributed by atoms with Gasteiger partial charge in [0.2, 0.25) is 0 Å². The summed E-state index contributed by atoms with van der Waals surface area (Å²) in [6.07, 6.45) is 3.86. The molecule has 1 aliphatic carbocycles. The van der Waals surface area contributed by atoms with Gasteiger partial charge in [-0.05, 0) is 60.3 Å². The molecule has 0 heterocycles. The molecule has 3 nitrogen and oxygen atoms in total. The Hall–Kier alpha value is -0.390. The lowest BCUT2D eigenvalue weighted by atomic mass is 9.84. The van der Waals surface area contributed by atoms with Crippen LogP contribution in [0.2, 0.25) is 0 Å². The van der Waals surface area contributed by atoms with Gasteiger partial charge in [0.25, 0.3) is 0 Å². The Morgan fingerprint density at radius 3 is 2.60 bits per heavy atom. The lowest BCUT2D eigenvalue weighted by Gasteiger charge is -2.35. The molecular weight excluding hydrogens is 338 g/mol. The van der Waals surface area contributed by atoms with Crippen LogP contribution in [0.1, 0.15) is 32.6 Å². The van der Waals surface area contributed by atoms with E-state index in [9.17, 15) is 8.42 Å². The van der Waals surface area contributed by atoms with Crippen molar-refractivity contribution in [3.8, 4) is 0 Å². The minimum atomic E-state index is -3.31. The SMILES string of the molecule is CCC1CCC(NC)C(S(=O)(=O)c2ccccc2Br)C1. The van der Waals surface area contributed by atoms with Crippen molar-refractivity contribution in [3.05, 3.63) is 28.7 Å². The van der Waals surface area contributed by atoms with E-state index in [0.29, 0.717) is 15.3 Å².